The van der Waals surface area contributed by atoms with Gasteiger partial charge in [-0.2, -0.15) is 61.2 Å². The van der Waals surface area contributed by atoms with Gasteiger partial charge < -0.3 is 93.0 Å². The van der Waals surface area contributed by atoms with E-state index >= 15 is 0 Å². The standard InChI is InChI=1S/3C15H26N6S.C15H22N6S.4Ni/c4*1-11(13-7-3-5-9-16-13)18-20-15(22)21-19-12(2)14-8-4-6-10-17-14;;;;/h3*13-14H,3-10H2,1-2H3,(H2,20,21,22);3,5,7,14H,4,6,8-10H2,1-2H3,(H2,20,21,22);;;;/q4*-2;4*+3/p-4. The van der Waals surface area contributed by atoms with Crippen LogP contribution in [0, 0.1) is 0 Å². The number of nitrogens with one attached hydrogen (secondary N) is 4. The number of allylic oxidation sites excluding steroid dienone is 3. The zero-order chi connectivity index (χ0) is 63.1. The van der Waals surface area contributed by atoms with Crippen molar-refractivity contribution in [2.75, 3.05) is 52.4 Å². The molecular formula is C60H96N24Ni4S4. The number of piperidine rings is 7. The summed E-state index contributed by atoms with van der Waals surface area (Å²) in [6.45, 7) is 22.8. The Morgan fingerprint density at radius 3 is 0.761 bits per heavy atom. The molecule has 92 heavy (non-hydrogen) atoms. The fraction of sp³-hybridized carbons (Fsp3) is 0.733. The molecule has 0 saturated carbocycles. The van der Waals surface area contributed by atoms with Crippen molar-refractivity contribution in [2.24, 2.45) is 61.2 Å². The Hall–Kier alpha value is -2.91. The fourth-order valence-electron chi connectivity index (χ4n) is 10.2. The number of amidine groups is 4. The first-order chi connectivity index (χ1) is 42.7. The molecule has 0 aromatic heterocycles. The molecule has 8 heterocycles. The Morgan fingerprint density at radius 1 is 0.326 bits per heavy atom. The van der Waals surface area contributed by atoms with Gasteiger partial charge in [-0.05, 0) is 55.4 Å². The van der Waals surface area contributed by atoms with Crippen LogP contribution in [0.25, 0.3) is 42.5 Å². The van der Waals surface area contributed by atoms with E-state index in [9.17, 15) is 0 Å². The molecule has 4 N–H and O–H groups in total. The molecule has 24 nitrogen and oxygen atoms in total. The van der Waals surface area contributed by atoms with E-state index in [0.29, 0.717) is 6.54 Å². The molecule has 8 aliphatic heterocycles. The van der Waals surface area contributed by atoms with Gasteiger partial charge in [-0.1, -0.05) is 189 Å². The molecule has 4 radical (unpaired) electrons. The van der Waals surface area contributed by atoms with Crippen molar-refractivity contribution in [3.05, 3.63) is 66.5 Å². The van der Waals surface area contributed by atoms with Crippen molar-refractivity contribution in [1.82, 2.24) is 21.7 Å². The average molecular weight is 1520 g/mol. The van der Waals surface area contributed by atoms with Crippen LogP contribution in [-0.2, 0) is 116 Å². The van der Waals surface area contributed by atoms with Gasteiger partial charge in [0.15, 0.2) is 0 Å². The second-order valence-electron chi connectivity index (χ2n) is 22.7. The van der Waals surface area contributed by atoms with E-state index in [1.807, 2.05) is 73.6 Å². The Kier molecular flexibility index (Phi) is 49.5. The molecule has 7 atom stereocenters. The minimum atomic E-state index is 0. The van der Waals surface area contributed by atoms with E-state index < -0.39 is 0 Å². The largest absolute Gasteiger partial charge is 3.00 e. The molecule has 0 aromatic rings. The fourth-order valence-corrected chi connectivity index (χ4v) is 10.6. The van der Waals surface area contributed by atoms with Crippen molar-refractivity contribution in [2.45, 2.75) is 233 Å². The number of rotatable bonds is 16. The maximum Gasteiger partial charge on any atom is 3.00 e. The van der Waals surface area contributed by atoms with Crippen LogP contribution in [0.5, 0.6) is 0 Å². The first-order valence-electron chi connectivity index (χ1n) is 31.7. The van der Waals surface area contributed by atoms with Crippen LogP contribution < -0.4 is 21.7 Å². The molecule has 520 valence electrons. The molecule has 8 aliphatic rings. The van der Waals surface area contributed by atoms with E-state index in [1.54, 1.807) is 0 Å². The zero-order valence-electron chi connectivity index (χ0n) is 54.6. The van der Waals surface area contributed by atoms with Crippen molar-refractivity contribution >= 4 is 117 Å². The normalized spacial score (nSPS) is 26.2. The van der Waals surface area contributed by atoms with Crippen LogP contribution in [0.15, 0.2) is 85.1 Å². The SMILES string of the molecule is CC(=N/N=C(\[S-])NN=C(C)C1CCCC[N-]1)C1=CC=CC[N-]1.CC(=NN=C([S-])NN=C(C)C1CCCC[N-]1)C1CCCC[N-]1.CC(=NN=C([S-])NN=C(C)C1CCCC[N-]1)C1CCCC[N-]1.CC(=NN=C([S-])NN=C(C)C1CCCC[N-]1)C1CCCC[N-]1.[Ni+3].[Ni+3].[Ni+3].[Ni+3]. The van der Waals surface area contributed by atoms with Crippen LogP contribution in [0.4, 0.5) is 0 Å². The topological polar surface area (TPSA) is 309 Å². The summed E-state index contributed by atoms with van der Waals surface area (Å²) in [6, 6.07) is 1.46. The summed E-state index contributed by atoms with van der Waals surface area (Å²) in [4.78, 5) is 0. The smallest absolute Gasteiger partial charge is 0.739 e. The van der Waals surface area contributed by atoms with Crippen molar-refractivity contribution in [3.8, 4) is 0 Å². The summed E-state index contributed by atoms with van der Waals surface area (Å²) in [5.74, 6) is 0. The predicted octanol–water partition coefficient (Wildman–Crippen LogP) is 12.2. The third kappa shape index (κ3) is 36.4. The molecule has 7 saturated heterocycles. The zero-order valence-corrected chi connectivity index (χ0v) is 61.8. The minimum absolute atomic E-state index is 0. The van der Waals surface area contributed by atoms with Gasteiger partial charge in [0.2, 0.25) is 0 Å². The Balaban J connectivity index is 0.000000605. The summed E-state index contributed by atoms with van der Waals surface area (Å²) in [5.41, 5.74) is 19.3. The number of hydrazone groups is 4. The maximum absolute atomic E-state index is 5.14. The Bertz CT molecular complexity index is 2340. The summed E-state index contributed by atoms with van der Waals surface area (Å²) in [7, 11) is 0. The van der Waals surface area contributed by atoms with Crippen molar-refractivity contribution in [1.29, 1.82) is 0 Å². The molecule has 0 aliphatic carbocycles. The summed E-state index contributed by atoms with van der Waals surface area (Å²) < 4.78 is 0. The van der Waals surface area contributed by atoms with Crippen LogP contribution >= 0.6 is 0 Å². The molecule has 8 rings (SSSR count). The summed E-state index contributed by atoms with van der Waals surface area (Å²) in [6.07, 6.45) is 30.0. The monoisotopic (exact) mass is 1510 g/mol. The van der Waals surface area contributed by atoms with Crippen LogP contribution in [0.3, 0.4) is 0 Å². The van der Waals surface area contributed by atoms with Crippen LogP contribution in [-0.4, -0.2) is 161 Å². The van der Waals surface area contributed by atoms with Gasteiger partial charge in [-0.3, -0.25) is 21.7 Å². The van der Waals surface area contributed by atoms with Crippen LogP contribution in [0.1, 0.15) is 190 Å². The molecular weight excluding hydrogens is 1420 g/mol. The molecule has 32 heteroatoms. The van der Waals surface area contributed by atoms with E-state index in [-0.39, 0.29) is 129 Å². The second-order valence-corrected chi connectivity index (χ2v) is 24.3. The Morgan fingerprint density at radius 2 is 0.554 bits per heavy atom. The molecule has 7 unspecified atom stereocenters. The average Bonchev–Trinajstić information content (AvgIpc) is 3.73. The molecule has 7 fully saturated rings. The third-order valence-corrected chi connectivity index (χ3v) is 16.3. The number of hydrogen-bond acceptors (Lipinski definition) is 16. The summed E-state index contributed by atoms with van der Waals surface area (Å²) in [5, 5.41) is 87.1. The quantitative estimate of drug-likeness (QED) is 0.0377. The second kappa shape index (κ2) is 52.2. The molecule has 0 bridgehead atoms. The van der Waals surface area contributed by atoms with Crippen molar-refractivity contribution < 1.29 is 66.0 Å². The van der Waals surface area contributed by atoms with Gasteiger partial charge in [0.1, 0.15) is 0 Å². The van der Waals surface area contributed by atoms with Gasteiger partial charge in [0.05, 0.1) is 0 Å². The molecule has 0 aromatic carbocycles. The first-order valence-corrected chi connectivity index (χ1v) is 33.4. The van der Waals surface area contributed by atoms with E-state index in [1.165, 1.54) is 89.9 Å². The van der Waals surface area contributed by atoms with Crippen LogP contribution in [0.2, 0.25) is 0 Å². The van der Waals surface area contributed by atoms with E-state index in [0.717, 1.165) is 142 Å². The minimum Gasteiger partial charge on any atom is -0.739 e. The number of nitrogens with zero attached hydrogens (tertiary/aromatic N) is 20. The predicted molar refractivity (Wildman–Crippen MR) is 383 cm³/mol. The first kappa shape index (κ1) is 87.1. The molecule has 0 amide bonds. The van der Waals surface area contributed by atoms with E-state index in [4.69, 9.17) is 50.5 Å². The third-order valence-electron chi connectivity index (χ3n) is 15.6. The maximum atomic E-state index is 5.14. The van der Waals surface area contributed by atoms with E-state index in [2.05, 4.69) is 125 Å². The van der Waals surface area contributed by atoms with Gasteiger partial charge in [-0.15, -0.1) is 64.1 Å². The molecule has 0 spiro atoms. The number of hydrogen-bond donors (Lipinski definition) is 4. The van der Waals surface area contributed by atoms with Gasteiger partial charge in [0.25, 0.3) is 0 Å². The van der Waals surface area contributed by atoms with Gasteiger partial charge >= 0.3 is 66.0 Å². The van der Waals surface area contributed by atoms with Gasteiger partial charge in [0, 0.05) is 66.4 Å². The summed E-state index contributed by atoms with van der Waals surface area (Å²) >= 11 is 20.5. The van der Waals surface area contributed by atoms with Gasteiger partial charge in [-0.25, -0.2) is 0 Å². The Labute approximate surface area is 612 Å². The van der Waals surface area contributed by atoms with Crippen molar-refractivity contribution in [3.63, 3.8) is 0 Å².